The Bertz CT molecular complexity index is 1140. The number of carbonyl (C=O) groups is 2. The summed E-state index contributed by atoms with van der Waals surface area (Å²) < 4.78 is 38.2. The van der Waals surface area contributed by atoms with Gasteiger partial charge in [-0.05, 0) is 52.7 Å². The molecule has 1 amide bonds. The third kappa shape index (κ3) is 4.05. The van der Waals surface area contributed by atoms with Crippen LogP contribution in [0.15, 0.2) is 79.0 Å². The topological polar surface area (TPSA) is 49.4 Å². The summed E-state index contributed by atoms with van der Waals surface area (Å²) >= 11 is 0. The number of hydrazine groups is 1. The first kappa shape index (κ1) is 19.7. The first-order valence-electron chi connectivity index (χ1n) is 9.27. The Balaban J connectivity index is 1.58. The molecule has 1 atom stereocenters. The second-order valence-corrected chi connectivity index (χ2v) is 7.03. The molecule has 0 radical (unpaired) electrons. The molecule has 4 nitrogen and oxygen atoms in total. The van der Waals surface area contributed by atoms with E-state index in [1.807, 2.05) is 42.5 Å². The number of ketones is 1. The number of nitrogens with zero attached hydrogens (tertiary/aromatic N) is 1. The van der Waals surface area contributed by atoms with Crippen LogP contribution in [0.2, 0.25) is 0 Å². The minimum absolute atomic E-state index is 0.0758. The highest BCUT2D eigenvalue weighted by Crippen LogP contribution is 2.31. The number of hydrogen-bond acceptors (Lipinski definition) is 3. The Labute approximate surface area is 170 Å². The Morgan fingerprint density at radius 2 is 1.67 bits per heavy atom. The van der Waals surface area contributed by atoms with E-state index < -0.39 is 23.7 Å². The van der Waals surface area contributed by atoms with Gasteiger partial charge in [-0.3, -0.25) is 20.0 Å². The molecular weight excluding hydrogens is 393 g/mol. The molecule has 152 valence electrons. The van der Waals surface area contributed by atoms with Crippen LogP contribution in [0, 0.1) is 0 Å². The molecule has 30 heavy (non-hydrogen) atoms. The van der Waals surface area contributed by atoms with Crippen molar-refractivity contribution in [2.75, 3.05) is 0 Å². The van der Waals surface area contributed by atoms with Crippen molar-refractivity contribution in [1.29, 1.82) is 0 Å². The Kier molecular flexibility index (Phi) is 5.03. The molecule has 0 saturated carbocycles. The quantitative estimate of drug-likeness (QED) is 0.659. The SMILES string of the molecule is O=C1C=CN(NC(=O)c2ccc(C(F)(F)F)cc2)[C@H](c2ccc3ccccc3c2)C1. The number of benzene rings is 3. The summed E-state index contributed by atoms with van der Waals surface area (Å²) in [6.45, 7) is 0. The van der Waals surface area contributed by atoms with Gasteiger partial charge in [0, 0.05) is 18.2 Å². The van der Waals surface area contributed by atoms with Gasteiger partial charge in [-0.25, -0.2) is 0 Å². The van der Waals surface area contributed by atoms with Crippen molar-refractivity contribution in [3.63, 3.8) is 0 Å². The van der Waals surface area contributed by atoms with E-state index in [9.17, 15) is 22.8 Å². The summed E-state index contributed by atoms with van der Waals surface area (Å²) in [6, 6.07) is 17.2. The lowest BCUT2D eigenvalue weighted by molar-refractivity contribution is -0.137. The minimum Gasteiger partial charge on any atom is -0.295 e. The second kappa shape index (κ2) is 7.67. The molecule has 0 unspecified atom stereocenters. The van der Waals surface area contributed by atoms with E-state index in [-0.39, 0.29) is 17.8 Å². The predicted molar refractivity (Wildman–Crippen MR) is 106 cm³/mol. The van der Waals surface area contributed by atoms with Crippen LogP contribution in [-0.4, -0.2) is 16.7 Å². The van der Waals surface area contributed by atoms with E-state index in [0.29, 0.717) is 0 Å². The van der Waals surface area contributed by atoms with Crippen LogP contribution < -0.4 is 5.43 Å². The number of nitrogens with one attached hydrogen (secondary N) is 1. The third-order valence-corrected chi connectivity index (χ3v) is 5.01. The van der Waals surface area contributed by atoms with Crippen molar-refractivity contribution < 1.29 is 22.8 Å². The maximum Gasteiger partial charge on any atom is 0.416 e. The van der Waals surface area contributed by atoms with Gasteiger partial charge in [-0.2, -0.15) is 13.2 Å². The highest BCUT2D eigenvalue weighted by molar-refractivity contribution is 5.95. The molecule has 3 aromatic rings. The van der Waals surface area contributed by atoms with E-state index in [1.165, 1.54) is 17.3 Å². The van der Waals surface area contributed by atoms with E-state index in [0.717, 1.165) is 40.6 Å². The van der Waals surface area contributed by atoms with E-state index in [1.54, 1.807) is 0 Å². The fraction of sp³-hybridized carbons (Fsp3) is 0.130. The van der Waals surface area contributed by atoms with Gasteiger partial charge in [0.15, 0.2) is 5.78 Å². The van der Waals surface area contributed by atoms with Gasteiger partial charge in [-0.15, -0.1) is 0 Å². The zero-order valence-electron chi connectivity index (χ0n) is 15.7. The molecule has 0 aliphatic carbocycles. The van der Waals surface area contributed by atoms with E-state index in [4.69, 9.17) is 0 Å². The van der Waals surface area contributed by atoms with E-state index >= 15 is 0 Å². The maximum absolute atomic E-state index is 12.7. The van der Waals surface area contributed by atoms with Crippen molar-refractivity contribution in [3.05, 3.63) is 95.7 Å². The summed E-state index contributed by atoms with van der Waals surface area (Å²) in [7, 11) is 0. The van der Waals surface area contributed by atoms with Crippen molar-refractivity contribution >= 4 is 22.5 Å². The summed E-state index contributed by atoms with van der Waals surface area (Å²) in [5.74, 6) is -0.637. The number of halogens is 3. The van der Waals surface area contributed by atoms with Crippen molar-refractivity contribution in [2.45, 2.75) is 18.6 Å². The van der Waals surface area contributed by atoms with E-state index in [2.05, 4.69) is 5.43 Å². The molecule has 0 spiro atoms. The van der Waals surface area contributed by atoms with Gasteiger partial charge in [0.2, 0.25) is 0 Å². The molecule has 1 heterocycles. The number of amides is 1. The van der Waals surface area contributed by atoms with Gasteiger partial charge in [0.1, 0.15) is 0 Å². The van der Waals surface area contributed by atoms with Crippen LogP contribution in [0.4, 0.5) is 13.2 Å². The largest absolute Gasteiger partial charge is 0.416 e. The minimum atomic E-state index is -4.47. The lowest BCUT2D eigenvalue weighted by Gasteiger charge is -2.33. The summed E-state index contributed by atoms with van der Waals surface area (Å²) in [5, 5.41) is 3.58. The second-order valence-electron chi connectivity index (χ2n) is 7.03. The molecule has 1 N–H and O–H groups in total. The van der Waals surface area contributed by atoms with Crippen LogP contribution in [0.1, 0.15) is 33.9 Å². The predicted octanol–water partition coefficient (Wildman–Crippen LogP) is 5.03. The normalized spacial score (nSPS) is 16.7. The fourth-order valence-corrected chi connectivity index (χ4v) is 3.43. The Hall–Kier alpha value is -3.61. The highest BCUT2D eigenvalue weighted by Gasteiger charge is 2.30. The molecule has 0 aromatic heterocycles. The summed E-state index contributed by atoms with van der Waals surface area (Å²) in [6.07, 6.45) is -1.45. The first-order chi connectivity index (χ1) is 14.3. The molecule has 1 aliphatic heterocycles. The van der Waals surface area contributed by atoms with Crippen LogP contribution in [0.25, 0.3) is 10.8 Å². The monoisotopic (exact) mass is 410 g/mol. The summed E-state index contributed by atoms with van der Waals surface area (Å²) in [4.78, 5) is 24.6. The zero-order valence-corrected chi connectivity index (χ0v) is 15.7. The molecule has 7 heteroatoms. The van der Waals surface area contributed by atoms with Crippen LogP contribution in [0.5, 0.6) is 0 Å². The lowest BCUT2D eigenvalue weighted by atomic mass is 9.96. The third-order valence-electron chi connectivity index (χ3n) is 5.01. The van der Waals surface area contributed by atoms with Gasteiger partial charge in [-0.1, -0.05) is 36.4 Å². The first-order valence-corrected chi connectivity index (χ1v) is 9.27. The van der Waals surface area contributed by atoms with Crippen molar-refractivity contribution in [1.82, 2.24) is 10.4 Å². The molecule has 1 aliphatic rings. The molecule has 0 bridgehead atoms. The molecule has 4 rings (SSSR count). The smallest absolute Gasteiger partial charge is 0.295 e. The van der Waals surface area contributed by atoms with Crippen LogP contribution in [-0.2, 0) is 11.0 Å². The number of fused-ring (bicyclic) bond motifs is 1. The fourth-order valence-electron chi connectivity index (χ4n) is 3.43. The Morgan fingerprint density at radius 1 is 0.967 bits per heavy atom. The lowest BCUT2D eigenvalue weighted by Crippen LogP contribution is -2.43. The average Bonchev–Trinajstić information content (AvgIpc) is 2.74. The molecule has 0 saturated heterocycles. The zero-order chi connectivity index (χ0) is 21.3. The highest BCUT2D eigenvalue weighted by atomic mass is 19.4. The van der Waals surface area contributed by atoms with Crippen LogP contribution >= 0.6 is 0 Å². The standard InChI is InChI=1S/C23H17F3N2O2/c24-23(25,26)19-9-7-16(8-10-19)22(30)27-28-12-11-20(29)14-21(28)18-6-5-15-3-1-2-4-17(15)13-18/h1-13,21H,14H2,(H,27,30)/t21-/m0/s1. The van der Waals surface area contributed by atoms with Crippen molar-refractivity contribution in [3.8, 4) is 0 Å². The number of alkyl halides is 3. The maximum atomic E-state index is 12.7. The van der Waals surface area contributed by atoms with Gasteiger partial charge in [0.05, 0.1) is 11.6 Å². The number of rotatable bonds is 3. The molecular formula is C23H17F3N2O2. The van der Waals surface area contributed by atoms with Crippen molar-refractivity contribution in [2.24, 2.45) is 0 Å². The summed E-state index contributed by atoms with van der Waals surface area (Å²) in [5.41, 5.74) is 2.80. The number of allylic oxidation sites excluding steroid dienone is 1. The number of carbonyl (C=O) groups excluding carboxylic acids is 2. The molecule has 3 aromatic carbocycles. The van der Waals surface area contributed by atoms with Gasteiger partial charge >= 0.3 is 6.18 Å². The number of hydrogen-bond donors (Lipinski definition) is 1. The van der Waals surface area contributed by atoms with Gasteiger partial charge < -0.3 is 0 Å². The van der Waals surface area contributed by atoms with Gasteiger partial charge in [0.25, 0.3) is 5.91 Å². The van der Waals surface area contributed by atoms with Crippen LogP contribution in [0.3, 0.4) is 0 Å². The Morgan fingerprint density at radius 3 is 2.37 bits per heavy atom. The molecule has 0 fully saturated rings. The average molecular weight is 410 g/mol.